The molecule has 0 bridgehead atoms. The van der Waals surface area contributed by atoms with Crippen LogP contribution in [0.3, 0.4) is 0 Å². The molecule has 60 valence electrons. The molecule has 0 spiro atoms. The summed E-state index contributed by atoms with van der Waals surface area (Å²) in [5, 5.41) is 10.8. The van der Waals surface area contributed by atoms with Gasteiger partial charge in [0.2, 0.25) is 0 Å². The van der Waals surface area contributed by atoms with Crippen molar-refractivity contribution in [2.75, 3.05) is 24.8 Å². The van der Waals surface area contributed by atoms with E-state index >= 15 is 0 Å². The topological polar surface area (TPSA) is 35.5 Å². The van der Waals surface area contributed by atoms with Crippen molar-refractivity contribution in [2.45, 2.75) is 6.42 Å². The molecule has 1 heterocycles. The Bertz CT molecular complexity index is 104. The molecule has 3 nitrogen and oxygen atoms in total. The number of hydrogen-bond acceptors (Lipinski definition) is 3. The fourth-order valence-electron chi connectivity index (χ4n) is 0.844. The Kier molecular flexibility index (Phi) is 3.89. The molecule has 0 radical (unpaired) electrons. The van der Waals surface area contributed by atoms with E-state index in [1.807, 2.05) is 0 Å². The Morgan fingerprint density at radius 2 is 2.50 bits per heavy atom. The zero-order valence-electron chi connectivity index (χ0n) is 5.62. The molecular weight excluding hydrogens is 172 g/mol. The summed E-state index contributed by atoms with van der Waals surface area (Å²) < 4.78 is 0. The maximum Gasteiger partial charge on any atom is 0.0680 e. The molecule has 1 saturated heterocycles. The third-order valence-electron chi connectivity index (χ3n) is 1.34. The number of halogens is 1. The van der Waals surface area contributed by atoms with Gasteiger partial charge in [0.25, 0.3) is 0 Å². The molecule has 5 heteroatoms. The van der Waals surface area contributed by atoms with Crippen LogP contribution in [-0.2, 0) is 4.84 Å². The highest BCUT2D eigenvalue weighted by Crippen LogP contribution is 2.42. The molecule has 0 saturated carbocycles. The molecular formula is C5H10ClNO2P-. The summed E-state index contributed by atoms with van der Waals surface area (Å²) in [7, 11) is -0.609. The fourth-order valence-corrected chi connectivity index (χ4v) is 2.91. The zero-order chi connectivity index (χ0) is 7.40. The molecule has 1 aliphatic rings. The lowest BCUT2D eigenvalue weighted by atomic mass is 10.5. The molecule has 10 heavy (non-hydrogen) atoms. The van der Waals surface area contributed by atoms with Crippen molar-refractivity contribution >= 4 is 19.7 Å². The van der Waals surface area contributed by atoms with Gasteiger partial charge in [-0.1, -0.05) is 0 Å². The summed E-state index contributed by atoms with van der Waals surface area (Å²) in [5.74, 6) is 0.563. The first kappa shape index (κ1) is 8.69. The van der Waals surface area contributed by atoms with Gasteiger partial charge in [-0.05, 0) is 26.8 Å². The van der Waals surface area contributed by atoms with Crippen LogP contribution >= 0.6 is 19.7 Å². The minimum absolute atomic E-state index is 0.563. The predicted octanol–water partition coefficient (Wildman–Crippen LogP) is 1.76. The van der Waals surface area contributed by atoms with E-state index < -0.39 is 8.07 Å². The van der Waals surface area contributed by atoms with Crippen molar-refractivity contribution in [3.63, 3.8) is 0 Å². The van der Waals surface area contributed by atoms with E-state index in [2.05, 4.69) is 0 Å². The Labute approximate surface area is 66.6 Å². The molecule has 1 rings (SSSR count). The van der Waals surface area contributed by atoms with Gasteiger partial charge in [0.05, 0.1) is 6.61 Å². The monoisotopic (exact) mass is 182 g/mol. The second-order valence-corrected chi connectivity index (χ2v) is 4.68. The average molecular weight is 183 g/mol. The van der Waals surface area contributed by atoms with Crippen LogP contribution in [0.5, 0.6) is 0 Å². The van der Waals surface area contributed by atoms with Crippen molar-refractivity contribution in [2.24, 2.45) is 0 Å². The fraction of sp³-hybridized carbons (Fsp3) is 1.00. The smallest absolute Gasteiger partial charge is 0.0680 e. The van der Waals surface area contributed by atoms with Crippen LogP contribution in [0.2, 0.25) is 0 Å². The van der Waals surface area contributed by atoms with Crippen molar-refractivity contribution in [1.82, 2.24) is 5.00 Å². The molecule has 1 atom stereocenters. The highest BCUT2D eigenvalue weighted by Gasteiger charge is 2.14. The summed E-state index contributed by atoms with van der Waals surface area (Å²) in [5.41, 5.74) is 0. The average Bonchev–Trinajstić information content (AvgIpc) is 1.94. The van der Waals surface area contributed by atoms with Crippen LogP contribution in [0.4, 0.5) is 0 Å². The first-order valence-electron chi connectivity index (χ1n) is 3.25. The Morgan fingerprint density at radius 3 is 3.10 bits per heavy atom. The van der Waals surface area contributed by atoms with Crippen molar-refractivity contribution in [3.05, 3.63) is 5.21 Å². The van der Waals surface area contributed by atoms with Gasteiger partial charge in [0.1, 0.15) is 0 Å². The number of nitrogens with zero attached hydrogens (tertiary/aromatic N) is 1. The molecule has 1 unspecified atom stereocenters. The van der Waals surface area contributed by atoms with E-state index in [4.69, 9.17) is 16.4 Å². The number of rotatable bonds is 2. The van der Waals surface area contributed by atoms with Gasteiger partial charge in [-0.2, -0.15) is 0 Å². The summed E-state index contributed by atoms with van der Waals surface area (Å²) in [4.78, 5) is 5.54. The van der Waals surface area contributed by atoms with Gasteiger partial charge in [-0.15, -0.1) is 11.6 Å². The second kappa shape index (κ2) is 4.47. The lowest BCUT2D eigenvalue weighted by molar-refractivity contribution is -0.0522. The van der Waals surface area contributed by atoms with E-state index in [1.165, 1.54) is 0 Å². The normalized spacial score (nSPS) is 28.8. The van der Waals surface area contributed by atoms with Gasteiger partial charge in [0.15, 0.2) is 0 Å². The third-order valence-corrected chi connectivity index (χ3v) is 3.94. The largest absolute Gasteiger partial charge is 0.759 e. The minimum atomic E-state index is -0.609. The van der Waals surface area contributed by atoms with Crippen LogP contribution in [0.15, 0.2) is 0 Å². The molecule has 1 aliphatic heterocycles. The van der Waals surface area contributed by atoms with Crippen LogP contribution < -0.4 is 0 Å². The van der Waals surface area contributed by atoms with Crippen LogP contribution in [-0.4, -0.2) is 29.8 Å². The van der Waals surface area contributed by atoms with Gasteiger partial charge in [-0.25, -0.2) is 5.00 Å². The predicted molar refractivity (Wildman–Crippen MR) is 43.1 cm³/mol. The van der Waals surface area contributed by atoms with Crippen molar-refractivity contribution in [3.8, 4) is 0 Å². The molecule has 0 N–H and O–H groups in total. The molecule has 0 aromatic heterocycles. The van der Waals surface area contributed by atoms with Gasteiger partial charge in [0, 0.05) is 5.88 Å². The number of hydrogen-bond donors (Lipinski definition) is 0. The van der Waals surface area contributed by atoms with Gasteiger partial charge in [-0.3, -0.25) is 0 Å². The molecule has 0 aromatic carbocycles. The maximum atomic E-state index is 10.8. The summed E-state index contributed by atoms with van der Waals surface area (Å²) >= 11 is 5.50. The van der Waals surface area contributed by atoms with Gasteiger partial charge >= 0.3 is 0 Å². The highest BCUT2D eigenvalue weighted by molar-refractivity contribution is 7.55. The van der Waals surface area contributed by atoms with Crippen molar-refractivity contribution in [1.29, 1.82) is 0 Å². The lowest BCUT2D eigenvalue weighted by Crippen LogP contribution is -2.21. The maximum absolute atomic E-state index is 10.8. The Hall–Kier alpha value is 0.600. The molecule has 0 amide bonds. The lowest BCUT2D eigenvalue weighted by Gasteiger charge is -2.38. The quantitative estimate of drug-likeness (QED) is 0.482. The first-order chi connectivity index (χ1) is 4.84. The first-order valence-corrected chi connectivity index (χ1v) is 5.45. The second-order valence-electron chi connectivity index (χ2n) is 2.07. The van der Waals surface area contributed by atoms with Crippen LogP contribution in [0.25, 0.3) is 0 Å². The Morgan fingerprint density at radius 1 is 1.70 bits per heavy atom. The Balaban J connectivity index is 2.25. The van der Waals surface area contributed by atoms with E-state index in [9.17, 15) is 5.21 Å². The number of alkyl halides is 1. The third kappa shape index (κ3) is 2.33. The van der Waals surface area contributed by atoms with Crippen LogP contribution in [0.1, 0.15) is 6.42 Å². The van der Waals surface area contributed by atoms with E-state index in [-0.39, 0.29) is 0 Å². The SMILES string of the molecule is [O-]N1OCCCP1CCCl. The van der Waals surface area contributed by atoms with E-state index in [0.29, 0.717) is 12.5 Å². The molecule has 0 aliphatic carbocycles. The molecule has 0 aromatic rings. The van der Waals surface area contributed by atoms with Gasteiger partial charge < -0.3 is 10.0 Å². The van der Waals surface area contributed by atoms with Crippen molar-refractivity contribution < 1.29 is 4.84 Å². The van der Waals surface area contributed by atoms with E-state index in [0.717, 1.165) is 23.7 Å². The minimum Gasteiger partial charge on any atom is -0.759 e. The summed E-state index contributed by atoms with van der Waals surface area (Å²) in [6.45, 7) is 0.574. The molecule has 1 fully saturated rings. The summed E-state index contributed by atoms with van der Waals surface area (Å²) in [6.07, 6.45) is 2.77. The zero-order valence-corrected chi connectivity index (χ0v) is 7.27. The van der Waals surface area contributed by atoms with E-state index in [1.54, 1.807) is 0 Å². The highest BCUT2D eigenvalue weighted by atomic mass is 35.5. The standard InChI is InChI=1S/C5H10ClNO2P/c6-2-5-10-4-1-3-9-7(10)8/h1-5H2/q-1. The van der Waals surface area contributed by atoms with Crippen LogP contribution in [0, 0.1) is 5.21 Å². The summed E-state index contributed by atoms with van der Waals surface area (Å²) in [6, 6.07) is 0.